The highest BCUT2D eigenvalue weighted by Gasteiger charge is 2.14. The second-order valence-electron chi connectivity index (χ2n) is 7.80. The van der Waals surface area contributed by atoms with Gasteiger partial charge in [-0.15, -0.1) is 0 Å². The average molecular weight is 400 g/mol. The fourth-order valence-corrected chi connectivity index (χ4v) is 4.44. The predicted molar refractivity (Wildman–Crippen MR) is 128 cm³/mol. The molecule has 3 heterocycles. The van der Waals surface area contributed by atoms with Crippen molar-refractivity contribution < 1.29 is 4.42 Å². The first-order chi connectivity index (χ1) is 15.2. The first-order valence-corrected chi connectivity index (χ1v) is 10.3. The minimum Gasteiger partial charge on any atom is -0.456 e. The normalized spacial score (nSPS) is 12.4. The molecule has 6 aromatic rings. The lowest BCUT2D eigenvalue weighted by Crippen LogP contribution is -2.27. The van der Waals surface area contributed by atoms with Crippen LogP contribution >= 0.6 is 0 Å². The maximum absolute atomic E-state index is 6.44. The number of rotatable bonds is 2. The molecule has 0 atom stereocenters. The van der Waals surface area contributed by atoms with Gasteiger partial charge in [-0.1, -0.05) is 67.2 Å². The molecule has 3 heteroatoms. The quantitative estimate of drug-likeness (QED) is 0.386. The molecule has 6 rings (SSSR count). The number of aryl methyl sites for hydroxylation is 1. The minimum atomic E-state index is 0.844. The van der Waals surface area contributed by atoms with Gasteiger partial charge in [0.1, 0.15) is 17.2 Å². The summed E-state index contributed by atoms with van der Waals surface area (Å²) in [7, 11) is 0. The van der Waals surface area contributed by atoms with Crippen LogP contribution < -0.4 is 10.6 Å². The Balaban J connectivity index is 1.72. The van der Waals surface area contributed by atoms with Crippen molar-refractivity contribution in [2.45, 2.75) is 6.92 Å². The third kappa shape index (κ3) is 2.63. The van der Waals surface area contributed by atoms with Gasteiger partial charge in [-0.2, -0.15) is 0 Å². The summed E-state index contributed by atoms with van der Waals surface area (Å²) in [6.45, 7) is 6.52. The summed E-state index contributed by atoms with van der Waals surface area (Å²) < 4.78 is 8.60. The topological polar surface area (TPSA) is 31.0 Å². The Kier molecular flexibility index (Phi) is 3.84. The fraction of sp³-hybridized carbons (Fsp3) is 0.0357. The summed E-state index contributed by atoms with van der Waals surface area (Å²) in [4.78, 5) is 4.61. The van der Waals surface area contributed by atoms with Crippen LogP contribution in [0.4, 0.5) is 0 Å². The predicted octanol–water partition coefficient (Wildman–Crippen LogP) is 5.47. The fourth-order valence-electron chi connectivity index (χ4n) is 4.44. The number of pyridine rings is 1. The third-order valence-corrected chi connectivity index (χ3v) is 6.03. The molecule has 0 aliphatic heterocycles. The van der Waals surface area contributed by atoms with Gasteiger partial charge in [0.25, 0.3) is 0 Å². The lowest BCUT2D eigenvalue weighted by atomic mass is 10.1. The molecule has 0 fully saturated rings. The Bertz CT molecular complexity index is 1710. The Morgan fingerprint density at radius 2 is 1.61 bits per heavy atom. The van der Waals surface area contributed by atoms with Crippen LogP contribution in [-0.4, -0.2) is 9.55 Å². The molecule has 0 radical (unpaired) electrons. The van der Waals surface area contributed by atoms with Crippen molar-refractivity contribution in [2.24, 2.45) is 0 Å². The first-order valence-electron chi connectivity index (χ1n) is 10.3. The van der Waals surface area contributed by atoms with E-state index in [-0.39, 0.29) is 0 Å². The van der Waals surface area contributed by atoms with E-state index >= 15 is 0 Å². The van der Waals surface area contributed by atoms with Gasteiger partial charge >= 0.3 is 0 Å². The van der Waals surface area contributed by atoms with Crippen LogP contribution in [0.15, 0.2) is 89.5 Å². The van der Waals surface area contributed by atoms with E-state index in [4.69, 9.17) is 4.42 Å². The molecule has 3 nitrogen and oxygen atoms in total. The van der Waals surface area contributed by atoms with Gasteiger partial charge in [0, 0.05) is 39.2 Å². The van der Waals surface area contributed by atoms with Crippen LogP contribution in [0.25, 0.3) is 51.1 Å². The molecule has 148 valence electrons. The lowest BCUT2D eigenvalue weighted by Gasteiger charge is -2.05. The number of furan rings is 1. The number of hydrogen-bond acceptors (Lipinski definition) is 2. The van der Waals surface area contributed by atoms with Crippen molar-refractivity contribution in [1.29, 1.82) is 0 Å². The van der Waals surface area contributed by atoms with Crippen molar-refractivity contribution in [3.05, 3.63) is 107 Å². The largest absolute Gasteiger partial charge is 0.456 e. The summed E-state index contributed by atoms with van der Waals surface area (Å²) in [6, 6.07) is 26.9. The zero-order valence-electron chi connectivity index (χ0n) is 17.2. The van der Waals surface area contributed by atoms with Gasteiger partial charge in [0.2, 0.25) is 0 Å². The van der Waals surface area contributed by atoms with Gasteiger partial charge < -0.3 is 4.42 Å². The van der Waals surface area contributed by atoms with Crippen molar-refractivity contribution >= 4 is 45.3 Å². The molecule has 0 N–H and O–H groups in total. The van der Waals surface area contributed by atoms with Gasteiger partial charge in [-0.05, 0) is 30.5 Å². The van der Waals surface area contributed by atoms with Gasteiger partial charge in [-0.25, -0.2) is 4.98 Å². The van der Waals surface area contributed by atoms with Gasteiger partial charge in [0.15, 0.2) is 0 Å². The molecule has 0 aliphatic carbocycles. The molecule has 3 aromatic heterocycles. The first kappa shape index (κ1) is 17.7. The van der Waals surface area contributed by atoms with Crippen LogP contribution in [0.3, 0.4) is 0 Å². The van der Waals surface area contributed by atoms with Crippen molar-refractivity contribution in [2.75, 3.05) is 0 Å². The van der Waals surface area contributed by atoms with E-state index in [0.717, 1.165) is 55.0 Å². The maximum atomic E-state index is 6.44. The summed E-state index contributed by atoms with van der Waals surface area (Å²) in [5, 5.41) is 6.49. The molecule has 0 saturated heterocycles. The highest BCUT2D eigenvalue weighted by molar-refractivity contribution is 6.06. The van der Waals surface area contributed by atoms with Crippen LogP contribution in [-0.2, 0) is 0 Å². The van der Waals surface area contributed by atoms with Crippen LogP contribution in [0.2, 0.25) is 0 Å². The summed E-state index contributed by atoms with van der Waals surface area (Å²) >= 11 is 0. The lowest BCUT2D eigenvalue weighted by molar-refractivity contribution is 0.603. The highest BCUT2D eigenvalue weighted by Crippen LogP contribution is 2.32. The number of nitrogens with zero attached hydrogens (tertiary/aromatic N) is 2. The molecule has 0 saturated carbocycles. The second-order valence-corrected chi connectivity index (χ2v) is 7.80. The van der Waals surface area contributed by atoms with Gasteiger partial charge in [0.05, 0.1) is 10.9 Å². The zero-order chi connectivity index (χ0) is 20.9. The highest BCUT2D eigenvalue weighted by atomic mass is 16.3. The van der Waals surface area contributed by atoms with E-state index in [9.17, 15) is 0 Å². The van der Waals surface area contributed by atoms with E-state index in [1.807, 2.05) is 36.5 Å². The van der Waals surface area contributed by atoms with E-state index in [1.165, 1.54) is 5.39 Å². The standard InChI is InChI=1S/C28H20N2O/c1-18-21-10-5-6-12-24(21)30(27-13-7-8-16-29-27)25(18)17-26-19(2)22-15-14-20-9-3-4-11-23(20)28(22)31-26/h3-17H,1H2,2H3/b25-17+. The number of fused-ring (bicyclic) bond motifs is 4. The minimum absolute atomic E-state index is 0.844. The molecular weight excluding hydrogens is 380 g/mol. The molecule has 0 amide bonds. The van der Waals surface area contributed by atoms with Crippen LogP contribution in [0, 0.1) is 6.92 Å². The molecular formula is C28H20N2O. The summed E-state index contributed by atoms with van der Waals surface area (Å²) in [5.41, 5.74) is 3.13. The summed E-state index contributed by atoms with van der Waals surface area (Å²) in [5.74, 6) is 1.70. The Labute approximate surface area is 179 Å². The third-order valence-electron chi connectivity index (χ3n) is 6.03. The smallest absolute Gasteiger partial charge is 0.142 e. The van der Waals surface area contributed by atoms with E-state index < -0.39 is 0 Å². The number of aromatic nitrogens is 2. The van der Waals surface area contributed by atoms with Gasteiger partial charge in [-0.3, -0.25) is 4.57 Å². The average Bonchev–Trinajstić information content (AvgIpc) is 3.29. The molecule has 0 aliphatic rings. The van der Waals surface area contributed by atoms with Crippen molar-refractivity contribution in [1.82, 2.24) is 9.55 Å². The number of benzene rings is 3. The SMILES string of the molecule is C=c1/c(=C\c2oc3c(ccc4ccccc43)c2C)n(-c2ccccn2)c2ccccc12. The monoisotopic (exact) mass is 400 g/mol. The Hall–Kier alpha value is -4.11. The number of para-hydroxylation sites is 1. The van der Waals surface area contributed by atoms with Crippen molar-refractivity contribution in [3.63, 3.8) is 0 Å². The van der Waals surface area contributed by atoms with Crippen molar-refractivity contribution in [3.8, 4) is 5.82 Å². The molecule has 0 spiro atoms. The maximum Gasteiger partial charge on any atom is 0.142 e. The van der Waals surface area contributed by atoms with E-state index in [2.05, 4.69) is 77.7 Å². The molecule has 3 aromatic carbocycles. The zero-order valence-corrected chi connectivity index (χ0v) is 17.2. The molecule has 0 unspecified atom stereocenters. The summed E-state index contributed by atoms with van der Waals surface area (Å²) in [6.07, 6.45) is 3.91. The Morgan fingerprint density at radius 1 is 0.839 bits per heavy atom. The van der Waals surface area contributed by atoms with Crippen LogP contribution in [0.5, 0.6) is 0 Å². The van der Waals surface area contributed by atoms with E-state index in [1.54, 1.807) is 0 Å². The molecule has 31 heavy (non-hydrogen) atoms. The second kappa shape index (κ2) is 6.71. The Morgan fingerprint density at radius 3 is 2.45 bits per heavy atom. The molecule has 0 bridgehead atoms. The van der Waals surface area contributed by atoms with Crippen LogP contribution in [0.1, 0.15) is 11.3 Å². The number of hydrogen-bond donors (Lipinski definition) is 0. The van der Waals surface area contributed by atoms with E-state index in [0.29, 0.717) is 0 Å².